The van der Waals surface area contributed by atoms with E-state index in [1.54, 1.807) is 32.9 Å². The summed E-state index contributed by atoms with van der Waals surface area (Å²) < 4.78 is 5.25. The number of unbranched alkanes of at least 4 members (excludes halogenated alkanes) is 4. The Morgan fingerprint density at radius 3 is 2.17 bits per heavy atom. The lowest BCUT2D eigenvalue weighted by atomic mass is 10.0. The van der Waals surface area contributed by atoms with Crippen LogP contribution in [0.25, 0.3) is 0 Å². The highest BCUT2D eigenvalue weighted by atomic mass is 16.6. The van der Waals surface area contributed by atoms with Crippen molar-refractivity contribution < 1.29 is 29.3 Å². The highest BCUT2D eigenvalue weighted by molar-refractivity contribution is 5.92. The van der Waals surface area contributed by atoms with Crippen LogP contribution in [0.3, 0.4) is 0 Å². The summed E-state index contributed by atoms with van der Waals surface area (Å²) in [4.78, 5) is 40.7. The molecule has 9 heteroatoms. The van der Waals surface area contributed by atoms with Gasteiger partial charge in [-0.15, -0.1) is 0 Å². The molecule has 3 amide bonds. The summed E-state index contributed by atoms with van der Waals surface area (Å²) in [6.07, 6.45) is 4.36. The van der Waals surface area contributed by atoms with Gasteiger partial charge < -0.3 is 30.5 Å². The van der Waals surface area contributed by atoms with E-state index in [1.165, 1.54) is 17.0 Å². The van der Waals surface area contributed by atoms with E-state index < -0.39 is 36.3 Å². The molecule has 0 saturated carbocycles. The second-order valence-electron chi connectivity index (χ2n) is 9.61. The standard InChI is InChI=1S/C26H43N3O6/c1-6-8-10-11-17-29(24(33)21(18-30)28-25(34)35-26(3,4)5)22(23(32)27-16-9-7-2)19-12-14-20(31)15-13-19/h12-15,21-22,30-31H,6-11,16-18H2,1-5H3,(H,27,32)(H,28,34). The third-order valence-electron chi connectivity index (χ3n) is 5.31. The quantitative estimate of drug-likeness (QED) is 0.293. The molecule has 0 fully saturated rings. The van der Waals surface area contributed by atoms with Crippen molar-refractivity contribution in [2.45, 2.75) is 90.8 Å². The molecule has 0 radical (unpaired) electrons. The van der Waals surface area contributed by atoms with Crippen molar-refractivity contribution >= 4 is 17.9 Å². The van der Waals surface area contributed by atoms with Gasteiger partial charge in [-0.3, -0.25) is 9.59 Å². The number of phenolic OH excluding ortho intramolecular Hbond substituents is 1. The molecule has 0 aliphatic heterocycles. The molecule has 198 valence electrons. The van der Waals surface area contributed by atoms with Crippen molar-refractivity contribution in [3.8, 4) is 5.75 Å². The number of aromatic hydroxyl groups is 1. The molecule has 0 spiro atoms. The zero-order valence-electron chi connectivity index (χ0n) is 21.8. The number of nitrogens with zero attached hydrogens (tertiary/aromatic N) is 1. The summed E-state index contributed by atoms with van der Waals surface area (Å²) in [5, 5.41) is 25.0. The number of amides is 3. The number of benzene rings is 1. The average Bonchev–Trinajstić information content (AvgIpc) is 2.79. The van der Waals surface area contributed by atoms with E-state index in [1.807, 2.05) is 6.92 Å². The number of carbonyl (C=O) groups excluding carboxylic acids is 3. The lowest BCUT2D eigenvalue weighted by Crippen LogP contribution is -2.54. The highest BCUT2D eigenvalue weighted by Gasteiger charge is 2.35. The molecule has 2 atom stereocenters. The van der Waals surface area contributed by atoms with Gasteiger partial charge in [0.2, 0.25) is 11.8 Å². The number of hydrogen-bond acceptors (Lipinski definition) is 6. The molecule has 35 heavy (non-hydrogen) atoms. The monoisotopic (exact) mass is 493 g/mol. The minimum atomic E-state index is -1.28. The lowest BCUT2D eigenvalue weighted by molar-refractivity contribution is -0.143. The largest absolute Gasteiger partial charge is 0.508 e. The molecular weight excluding hydrogens is 450 g/mol. The van der Waals surface area contributed by atoms with Crippen LogP contribution in [0, 0.1) is 0 Å². The fourth-order valence-electron chi connectivity index (χ4n) is 3.53. The second-order valence-corrected chi connectivity index (χ2v) is 9.61. The van der Waals surface area contributed by atoms with Crippen molar-refractivity contribution in [1.29, 1.82) is 0 Å². The van der Waals surface area contributed by atoms with E-state index in [2.05, 4.69) is 17.6 Å². The van der Waals surface area contributed by atoms with Crippen LogP contribution in [0.1, 0.15) is 84.7 Å². The van der Waals surface area contributed by atoms with Gasteiger partial charge in [0.15, 0.2) is 0 Å². The van der Waals surface area contributed by atoms with Crippen molar-refractivity contribution in [2.24, 2.45) is 0 Å². The number of alkyl carbamates (subject to hydrolysis) is 1. The Hall–Kier alpha value is -2.81. The number of aliphatic hydroxyl groups excluding tert-OH is 1. The van der Waals surface area contributed by atoms with E-state index in [0.29, 0.717) is 18.5 Å². The van der Waals surface area contributed by atoms with E-state index in [9.17, 15) is 24.6 Å². The number of carbonyl (C=O) groups is 3. The Labute approximate surface area is 209 Å². The van der Waals surface area contributed by atoms with Crippen molar-refractivity contribution in [3.05, 3.63) is 29.8 Å². The Morgan fingerprint density at radius 2 is 1.63 bits per heavy atom. The summed E-state index contributed by atoms with van der Waals surface area (Å²) in [7, 11) is 0. The molecule has 9 nitrogen and oxygen atoms in total. The van der Waals surface area contributed by atoms with E-state index in [4.69, 9.17) is 4.74 Å². The first-order chi connectivity index (χ1) is 16.5. The van der Waals surface area contributed by atoms with E-state index >= 15 is 0 Å². The molecule has 0 aliphatic carbocycles. The maximum Gasteiger partial charge on any atom is 0.408 e. The third kappa shape index (κ3) is 11.0. The van der Waals surface area contributed by atoms with Gasteiger partial charge in [0, 0.05) is 13.1 Å². The van der Waals surface area contributed by atoms with Crippen LogP contribution in [-0.2, 0) is 14.3 Å². The maximum atomic E-state index is 13.6. The van der Waals surface area contributed by atoms with Crippen LogP contribution in [0.4, 0.5) is 4.79 Å². The van der Waals surface area contributed by atoms with Crippen molar-refractivity contribution in [2.75, 3.05) is 19.7 Å². The number of rotatable bonds is 14. The molecule has 1 aromatic rings. The molecule has 0 aliphatic rings. The Balaban J connectivity index is 3.30. The number of ether oxygens (including phenoxy) is 1. The van der Waals surface area contributed by atoms with Crippen LogP contribution in [0.2, 0.25) is 0 Å². The Kier molecular flexibility index (Phi) is 13.2. The Morgan fingerprint density at radius 1 is 1.00 bits per heavy atom. The van der Waals surface area contributed by atoms with Crippen molar-refractivity contribution in [1.82, 2.24) is 15.5 Å². The predicted molar refractivity (Wildman–Crippen MR) is 135 cm³/mol. The molecule has 2 unspecified atom stereocenters. The fraction of sp³-hybridized carbons (Fsp3) is 0.654. The van der Waals surface area contributed by atoms with Gasteiger partial charge in [-0.05, 0) is 51.3 Å². The number of aliphatic hydroxyl groups is 1. The summed E-state index contributed by atoms with van der Waals surface area (Å²) in [5.41, 5.74) is -0.254. The zero-order valence-corrected chi connectivity index (χ0v) is 21.8. The van der Waals surface area contributed by atoms with Crippen LogP contribution < -0.4 is 10.6 Å². The molecular formula is C26H43N3O6. The normalized spacial score (nSPS) is 13.0. The van der Waals surface area contributed by atoms with E-state index in [0.717, 1.165) is 32.1 Å². The molecule has 1 aromatic carbocycles. The smallest absolute Gasteiger partial charge is 0.408 e. The molecule has 0 aromatic heterocycles. The molecule has 0 heterocycles. The average molecular weight is 494 g/mol. The summed E-state index contributed by atoms with van der Waals surface area (Å²) >= 11 is 0. The van der Waals surface area contributed by atoms with Crippen LogP contribution >= 0.6 is 0 Å². The Bertz CT molecular complexity index is 791. The summed E-state index contributed by atoms with van der Waals surface area (Å²) in [6.45, 7) is 9.26. The number of hydrogen-bond donors (Lipinski definition) is 4. The highest BCUT2D eigenvalue weighted by Crippen LogP contribution is 2.25. The minimum absolute atomic E-state index is 0.0412. The first-order valence-corrected chi connectivity index (χ1v) is 12.5. The molecule has 1 rings (SSSR count). The summed E-state index contributed by atoms with van der Waals surface area (Å²) in [5.74, 6) is -0.903. The van der Waals surface area contributed by atoms with Crippen LogP contribution in [0.5, 0.6) is 5.75 Å². The van der Waals surface area contributed by atoms with Gasteiger partial charge >= 0.3 is 6.09 Å². The topological polar surface area (TPSA) is 128 Å². The number of nitrogens with one attached hydrogen (secondary N) is 2. The maximum absolute atomic E-state index is 13.6. The van der Waals surface area contributed by atoms with Gasteiger partial charge in [0.25, 0.3) is 0 Å². The van der Waals surface area contributed by atoms with Crippen molar-refractivity contribution in [3.63, 3.8) is 0 Å². The first kappa shape index (κ1) is 30.2. The predicted octanol–water partition coefficient (Wildman–Crippen LogP) is 3.64. The summed E-state index contributed by atoms with van der Waals surface area (Å²) in [6, 6.07) is 3.85. The van der Waals surface area contributed by atoms with Gasteiger partial charge in [-0.2, -0.15) is 0 Å². The molecule has 0 saturated heterocycles. The van der Waals surface area contributed by atoms with Gasteiger partial charge in [-0.25, -0.2) is 4.79 Å². The van der Waals surface area contributed by atoms with Gasteiger partial charge in [0.05, 0.1) is 6.61 Å². The molecule has 4 N–H and O–H groups in total. The second kappa shape index (κ2) is 15.2. The van der Waals surface area contributed by atoms with Crippen LogP contribution in [-0.4, -0.2) is 64.4 Å². The first-order valence-electron chi connectivity index (χ1n) is 12.5. The van der Waals surface area contributed by atoms with E-state index in [-0.39, 0.29) is 18.2 Å². The fourth-order valence-corrected chi connectivity index (χ4v) is 3.53. The van der Waals surface area contributed by atoms with Crippen LogP contribution in [0.15, 0.2) is 24.3 Å². The molecule has 0 bridgehead atoms. The number of phenols is 1. The van der Waals surface area contributed by atoms with Gasteiger partial charge in [-0.1, -0.05) is 51.7 Å². The zero-order chi connectivity index (χ0) is 26.4. The minimum Gasteiger partial charge on any atom is -0.508 e. The lowest BCUT2D eigenvalue weighted by Gasteiger charge is -2.34. The van der Waals surface area contributed by atoms with Gasteiger partial charge in [0.1, 0.15) is 23.4 Å². The SMILES string of the molecule is CCCCCCN(C(=O)C(CO)NC(=O)OC(C)(C)C)C(C(=O)NCCCC)c1ccc(O)cc1. The third-order valence-corrected chi connectivity index (χ3v) is 5.31.